The standard InChI is InChI=1S/C18H24N4O2/c1-4-14-8-18(21-13(2)20-14)22-11-17(23-3)9-15(22)12-24-16-6-5-7-19-10-16/h5-8,10,15,17H,4,9,11-12H2,1-3H3/t15-,17+/m0/s1. The Morgan fingerprint density at radius 3 is 2.92 bits per heavy atom. The molecule has 0 aromatic carbocycles. The van der Waals surface area contributed by atoms with Crippen molar-refractivity contribution in [1.82, 2.24) is 15.0 Å². The summed E-state index contributed by atoms with van der Waals surface area (Å²) in [5.74, 6) is 2.54. The van der Waals surface area contributed by atoms with Crippen molar-refractivity contribution in [2.24, 2.45) is 0 Å². The van der Waals surface area contributed by atoms with Gasteiger partial charge in [-0.05, 0) is 31.9 Å². The van der Waals surface area contributed by atoms with Gasteiger partial charge in [0.05, 0.1) is 18.3 Å². The van der Waals surface area contributed by atoms with Crippen LogP contribution in [-0.4, -0.2) is 47.4 Å². The second-order valence-electron chi connectivity index (χ2n) is 6.02. The van der Waals surface area contributed by atoms with E-state index in [0.29, 0.717) is 6.61 Å². The van der Waals surface area contributed by atoms with Crippen LogP contribution in [0.5, 0.6) is 5.75 Å². The molecule has 0 radical (unpaired) electrons. The van der Waals surface area contributed by atoms with Crippen LogP contribution in [0.3, 0.4) is 0 Å². The molecule has 0 spiro atoms. The minimum Gasteiger partial charge on any atom is -0.490 e. The Balaban J connectivity index is 1.77. The third-order valence-electron chi connectivity index (χ3n) is 4.32. The Kier molecular flexibility index (Phi) is 5.25. The summed E-state index contributed by atoms with van der Waals surface area (Å²) in [6, 6.07) is 6.09. The number of ether oxygens (including phenoxy) is 2. The highest BCUT2D eigenvalue weighted by molar-refractivity contribution is 5.43. The minimum absolute atomic E-state index is 0.188. The van der Waals surface area contributed by atoms with Crippen molar-refractivity contribution in [3.63, 3.8) is 0 Å². The van der Waals surface area contributed by atoms with Crippen LogP contribution in [0.2, 0.25) is 0 Å². The van der Waals surface area contributed by atoms with Gasteiger partial charge in [-0.15, -0.1) is 0 Å². The molecule has 0 bridgehead atoms. The summed E-state index contributed by atoms with van der Waals surface area (Å²) < 4.78 is 11.5. The lowest BCUT2D eigenvalue weighted by Crippen LogP contribution is -2.35. The van der Waals surface area contributed by atoms with E-state index in [0.717, 1.165) is 42.5 Å². The van der Waals surface area contributed by atoms with E-state index in [2.05, 4.69) is 32.8 Å². The Labute approximate surface area is 142 Å². The molecule has 6 heteroatoms. The molecule has 1 fully saturated rings. The first-order valence-electron chi connectivity index (χ1n) is 8.36. The Morgan fingerprint density at radius 1 is 1.33 bits per heavy atom. The number of hydrogen-bond acceptors (Lipinski definition) is 6. The van der Waals surface area contributed by atoms with Crippen LogP contribution >= 0.6 is 0 Å². The van der Waals surface area contributed by atoms with Crippen LogP contribution in [0.1, 0.15) is 24.9 Å². The number of rotatable bonds is 6. The zero-order chi connectivity index (χ0) is 16.9. The van der Waals surface area contributed by atoms with Crippen molar-refractivity contribution in [1.29, 1.82) is 0 Å². The number of anilines is 1. The van der Waals surface area contributed by atoms with Crippen molar-refractivity contribution in [2.75, 3.05) is 25.2 Å². The lowest BCUT2D eigenvalue weighted by atomic mass is 10.2. The van der Waals surface area contributed by atoms with E-state index in [1.54, 1.807) is 19.5 Å². The quantitative estimate of drug-likeness (QED) is 0.811. The SMILES string of the molecule is CCc1cc(N2C[C@H](OC)C[C@H]2COc2cccnc2)nc(C)n1. The lowest BCUT2D eigenvalue weighted by Gasteiger charge is -2.26. The predicted molar refractivity (Wildman–Crippen MR) is 92.4 cm³/mol. The first-order chi connectivity index (χ1) is 11.7. The zero-order valence-corrected chi connectivity index (χ0v) is 14.5. The molecule has 3 heterocycles. The summed E-state index contributed by atoms with van der Waals surface area (Å²) >= 11 is 0. The topological polar surface area (TPSA) is 60.4 Å². The molecular weight excluding hydrogens is 304 g/mol. The predicted octanol–water partition coefficient (Wildman–Crippen LogP) is 2.42. The molecule has 24 heavy (non-hydrogen) atoms. The number of nitrogens with zero attached hydrogens (tertiary/aromatic N) is 4. The van der Waals surface area contributed by atoms with Crippen molar-refractivity contribution in [2.45, 2.75) is 38.8 Å². The summed E-state index contributed by atoms with van der Waals surface area (Å²) in [5, 5.41) is 0. The van der Waals surface area contributed by atoms with Crippen molar-refractivity contribution in [3.05, 3.63) is 42.1 Å². The van der Waals surface area contributed by atoms with Gasteiger partial charge in [-0.3, -0.25) is 4.98 Å². The maximum absolute atomic E-state index is 5.92. The highest BCUT2D eigenvalue weighted by atomic mass is 16.5. The first kappa shape index (κ1) is 16.6. The Bertz CT molecular complexity index is 665. The summed E-state index contributed by atoms with van der Waals surface area (Å²) in [5.41, 5.74) is 1.06. The molecule has 1 aliphatic rings. The molecule has 3 rings (SSSR count). The van der Waals surface area contributed by atoms with Gasteiger partial charge in [-0.2, -0.15) is 0 Å². The normalized spacial score (nSPS) is 20.4. The molecule has 0 saturated carbocycles. The molecule has 6 nitrogen and oxygen atoms in total. The molecule has 128 valence electrons. The van der Waals surface area contributed by atoms with E-state index in [1.807, 2.05) is 19.1 Å². The van der Waals surface area contributed by atoms with Gasteiger partial charge in [0, 0.05) is 31.6 Å². The van der Waals surface area contributed by atoms with Crippen LogP contribution in [0.25, 0.3) is 0 Å². The Hall–Kier alpha value is -2.21. The zero-order valence-electron chi connectivity index (χ0n) is 14.5. The molecule has 2 aromatic heterocycles. The third-order valence-corrected chi connectivity index (χ3v) is 4.32. The third kappa shape index (κ3) is 3.82. The van der Waals surface area contributed by atoms with Crippen LogP contribution in [0, 0.1) is 6.92 Å². The molecule has 2 atom stereocenters. The van der Waals surface area contributed by atoms with E-state index in [9.17, 15) is 0 Å². The number of methoxy groups -OCH3 is 1. The lowest BCUT2D eigenvalue weighted by molar-refractivity contribution is 0.115. The van der Waals surface area contributed by atoms with Crippen molar-refractivity contribution in [3.8, 4) is 5.75 Å². The number of hydrogen-bond donors (Lipinski definition) is 0. The van der Waals surface area contributed by atoms with Crippen LogP contribution in [-0.2, 0) is 11.2 Å². The fourth-order valence-corrected chi connectivity index (χ4v) is 3.05. The minimum atomic E-state index is 0.188. The smallest absolute Gasteiger partial charge is 0.137 e. The summed E-state index contributed by atoms with van der Waals surface area (Å²) in [6.07, 6.45) is 5.48. The van der Waals surface area contributed by atoms with E-state index < -0.39 is 0 Å². The molecule has 0 aliphatic carbocycles. The van der Waals surface area contributed by atoms with Gasteiger partial charge in [0.1, 0.15) is 24.0 Å². The van der Waals surface area contributed by atoms with Crippen molar-refractivity contribution < 1.29 is 9.47 Å². The summed E-state index contributed by atoms with van der Waals surface area (Å²) in [4.78, 5) is 15.5. The second kappa shape index (κ2) is 7.57. The fraction of sp³-hybridized carbons (Fsp3) is 0.500. The van der Waals surface area contributed by atoms with Crippen LogP contribution in [0.4, 0.5) is 5.82 Å². The number of aryl methyl sites for hydroxylation is 2. The Morgan fingerprint density at radius 2 is 2.21 bits per heavy atom. The van der Waals surface area contributed by atoms with Gasteiger partial charge < -0.3 is 14.4 Å². The molecule has 1 aliphatic heterocycles. The number of pyridine rings is 1. The van der Waals surface area contributed by atoms with E-state index in [4.69, 9.17) is 9.47 Å². The highest BCUT2D eigenvalue weighted by Crippen LogP contribution is 2.27. The first-order valence-corrected chi connectivity index (χ1v) is 8.36. The van der Waals surface area contributed by atoms with E-state index >= 15 is 0 Å². The molecule has 1 saturated heterocycles. The van der Waals surface area contributed by atoms with Gasteiger partial charge in [0.25, 0.3) is 0 Å². The fourth-order valence-electron chi connectivity index (χ4n) is 3.05. The number of aromatic nitrogens is 3. The van der Waals surface area contributed by atoms with Crippen LogP contribution in [0.15, 0.2) is 30.6 Å². The highest BCUT2D eigenvalue weighted by Gasteiger charge is 2.34. The van der Waals surface area contributed by atoms with E-state index in [1.165, 1.54) is 0 Å². The average Bonchev–Trinajstić information content (AvgIpc) is 3.03. The second-order valence-corrected chi connectivity index (χ2v) is 6.02. The average molecular weight is 328 g/mol. The van der Waals surface area contributed by atoms with Crippen molar-refractivity contribution >= 4 is 5.82 Å². The van der Waals surface area contributed by atoms with Gasteiger partial charge in [0.2, 0.25) is 0 Å². The maximum Gasteiger partial charge on any atom is 0.137 e. The van der Waals surface area contributed by atoms with Gasteiger partial charge >= 0.3 is 0 Å². The summed E-state index contributed by atoms with van der Waals surface area (Å²) in [7, 11) is 1.76. The maximum atomic E-state index is 5.92. The van der Waals surface area contributed by atoms with Gasteiger partial charge in [-0.25, -0.2) is 9.97 Å². The monoisotopic (exact) mass is 328 g/mol. The van der Waals surface area contributed by atoms with Gasteiger partial charge in [-0.1, -0.05) is 6.92 Å². The molecular formula is C18H24N4O2. The molecule has 0 N–H and O–H groups in total. The van der Waals surface area contributed by atoms with Gasteiger partial charge in [0.15, 0.2) is 0 Å². The molecule has 0 unspecified atom stereocenters. The largest absolute Gasteiger partial charge is 0.490 e. The summed E-state index contributed by atoms with van der Waals surface area (Å²) in [6.45, 7) is 5.44. The molecule has 2 aromatic rings. The van der Waals surface area contributed by atoms with E-state index in [-0.39, 0.29) is 12.1 Å². The molecule has 0 amide bonds. The van der Waals surface area contributed by atoms with Crippen LogP contribution < -0.4 is 9.64 Å².